The predicted molar refractivity (Wildman–Crippen MR) is 210 cm³/mol. The molecule has 238 valence electrons. The summed E-state index contributed by atoms with van der Waals surface area (Å²) in [4.78, 5) is 10.3. The van der Waals surface area contributed by atoms with Crippen LogP contribution in [0.15, 0.2) is 182 Å². The normalized spacial score (nSPS) is 11.0. The lowest BCUT2D eigenvalue weighted by molar-refractivity contribution is 1.18. The van der Waals surface area contributed by atoms with Crippen LogP contribution in [0.3, 0.4) is 0 Å². The van der Waals surface area contributed by atoms with E-state index in [2.05, 4.69) is 178 Å². The van der Waals surface area contributed by atoms with Crippen LogP contribution in [0.1, 0.15) is 11.1 Å². The maximum absolute atomic E-state index is 5.14. The molecule has 0 bridgehead atoms. The van der Waals surface area contributed by atoms with E-state index in [1.54, 1.807) is 0 Å². The Labute approximate surface area is 294 Å². The second-order valence-corrected chi connectivity index (χ2v) is 12.9. The molecule has 8 aromatic rings. The van der Waals surface area contributed by atoms with Crippen molar-refractivity contribution in [2.24, 2.45) is 0 Å². The zero-order valence-electron chi connectivity index (χ0n) is 28.2. The van der Waals surface area contributed by atoms with Gasteiger partial charge in [-0.3, -0.25) is 0 Å². The second-order valence-electron chi connectivity index (χ2n) is 12.9. The van der Waals surface area contributed by atoms with E-state index in [1.165, 1.54) is 44.5 Å². The lowest BCUT2D eigenvalue weighted by Crippen LogP contribution is -1.96. The van der Waals surface area contributed by atoms with Crippen molar-refractivity contribution in [2.45, 2.75) is 13.8 Å². The molecule has 0 unspecified atom stereocenters. The summed E-state index contributed by atoms with van der Waals surface area (Å²) < 4.78 is 0. The highest BCUT2D eigenvalue weighted by Gasteiger charge is 2.13. The van der Waals surface area contributed by atoms with Crippen molar-refractivity contribution in [1.82, 2.24) is 9.97 Å². The van der Waals surface area contributed by atoms with Crippen LogP contribution < -0.4 is 0 Å². The third-order valence-corrected chi connectivity index (χ3v) is 9.11. The summed E-state index contributed by atoms with van der Waals surface area (Å²) in [5, 5.41) is 0. The quantitative estimate of drug-likeness (QED) is 0.173. The molecule has 0 spiro atoms. The highest BCUT2D eigenvalue weighted by atomic mass is 14.9. The van der Waals surface area contributed by atoms with Gasteiger partial charge in [0.1, 0.15) is 0 Å². The van der Waals surface area contributed by atoms with Gasteiger partial charge in [0.2, 0.25) is 0 Å². The third-order valence-electron chi connectivity index (χ3n) is 9.11. The Bertz CT molecular complexity index is 2280. The third kappa shape index (κ3) is 6.65. The number of aromatic nitrogens is 2. The lowest BCUT2D eigenvalue weighted by Gasteiger charge is -2.13. The van der Waals surface area contributed by atoms with Crippen molar-refractivity contribution < 1.29 is 0 Å². The summed E-state index contributed by atoms with van der Waals surface area (Å²) in [5.41, 5.74) is 16.8. The number of aryl methyl sites for hydroxylation is 2. The van der Waals surface area contributed by atoms with Crippen LogP contribution >= 0.6 is 0 Å². The molecule has 2 nitrogen and oxygen atoms in total. The predicted octanol–water partition coefficient (Wildman–Crippen LogP) is 12.8. The molecule has 1 aromatic heterocycles. The summed E-state index contributed by atoms with van der Waals surface area (Å²) in [6.07, 6.45) is 0. The number of benzene rings is 7. The minimum atomic E-state index is 0.706. The molecule has 7 aromatic carbocycles. The first-order valence-corrected chi connectivity index (χ1v) is 17.1. The van der Waals surface area contributed by atoms with E-state index in [0.29, 0.717) is 5.82 Å². The van der Waals surface area contributed by atoms with Crippen LogP contribution in [0, 0.1) is 13.8 Å². The average molecular weight is 641 g/mol. The van der Waals surface area contributed by atoms with Gasteiger partial charge in [0.05, 0.1) is 11.4 Å². The summed E-state index contributed by atoms with van der Waals surface area (Å²) >= 11 is 0. The first-order chi connectivity index (χ1) is 24.6. The zero-order valence-corrected chi connectivity index (χ0v) is 28.2. The van der Waals surface area contributed by atoms with Gasteiger partial charge < -0.3 is 0 Å². The van der Waals surface area contributed by atoms with E-state index >= 15 is 0 Å². The molecular weight excluding hydrogens is 605 g/mol. The maximum Gasteiger partial charge on any atom is 0.160 e. The van der Waals surface area contributed by atoms with Crippen molar-refractivity contribution in [3.05, 3.63) is 193 Å². The number of nitrogens with zero attached hydrogens (tertiary/aromatic N) is 2. The van der Waals surface area contributed by atoms with Crippen LogP contribution in [-0.4, -0.2) is 9.97 Å². The molecule has 0 aliphatic heterocycles. The number of hydrogen-bond donors (Lipinski definition) is 0. The van der Waals surface area contributed by atoms with E-state index in [1.807, 2.05) is 18.2 Å². The Morgan fingerprint density at radius 2 is 0.580 bits per heavy atom. The molecule has 0 fully saturated rings. The van der Waals surface area contributed by atoms with E-state index in [0.717, 1.165) is 39.2 Å². The molecule has 0 amide bonds. The van der Waals surface area contributed by atoms with E-state index in [9.17, 15) is 0 Å². The van der Waals surface area contributed by atoms with Crippen molar-refractivity contribution in [1.29, 1.82) is 0 Å². The molecule has 0 saturated heterocycles. The Kier molecular flexibility index (Phi) is 8.42. The number of rotatable bonds is 7. The summed E-state index contributed by atoms with van der Waals surface area (Å²) in [5.74, 6) is 0.706. The Balaban J connectivity index is 1.22. The molecule has 8 rings (SSSR count). The molecule has 0 radical (unpaired) electrons. The molecule has 1 heterocycles. The van der Waals surface area contributed by atoms with Crippen molar-refractivity contribution in [3.63, 3.8) is 0 Å². The monoisotopic (exact) mass is 640 g/mol. The first kappa shape index (κ1) is 30.9. The SMILES string of the molecule is Cc1cc(-c2ccccc2)cc(-c2cccc(-c3cc(-c4cccc(-c5cc(C)cc(-c6ccccc6)c5)c4)nc(-c4ccccc4)n3)c2)c1. The molecule has 0 aliphatic carbocycles. The van der Waals surface area contributed by atoms with Crippen molar-refractivity contribution in [3.8, 4) is 78.4 Å². The smallest absolute Gasteiger partial charge is 0.160 e. The Morgan fingerprint density at radius 1 is 0.260 bits per heavy atom. The zero-order chi connectivity index (χ0) is 33.9. The highest BCUT2D eigenvalue weighted by molar-refractivity contribution is 5.81. The largest absolute Gasteiger partial charge is 0.228 e. The van der Waals surface area contributed by atoms with Gasteiger partial charge in [-0.15, -0.1) is 0 Å². The molecule has 0 saturated carbocycles. The fourth-order valence-electron chi connectivity index (χ4n) is 6.67. The fourth-order valence-corrected chi connectivity index (χ4v) is 6.67. The molecule has 50 heavy (non-hydrogen) atoms. The summed E-state index contributed by atoms with van der Waals surface area (Å²) in [6, 6.07) is 64.5. The fraction of sp³-hybridized carbons (Fsp3) is 0.0417. The standard InChI is InChI=1S/C48H36N2/c1-33-24-42(35-14-6-3-7-15-35)30-44(26-33)38-20-12-22-40(28-38)46-32-47(50-48(49-46)37-18-10-5-11-19-37)41-23-13-21-39(29-41)45-27-34(2)25-43(31-45)36-16-8-4-9-17-36/h3-32H,1-2H3. The van der Waals surface area contributed by atoms with Crippen LogP contribution in [0.4, 0.5) is 0 Å². The van der Waals surface area contributed by atoms with E-state index in [4.69, 9.17) is 9.97 Å². The van der Waals surface area contributed by atoms with Gasteiger partial charge in [0, 0.05) is 16.7 Å². The minimum Gasteiger partial charge on any atom is -0.228 e. The topological polar surface area (TPSA) is 25.8 Å². The van der Waals surface area contributed by atoms with Crippen molar-refractivity contribution >= 4 is 0 Å². The maximum atomic E-state index is 5.14. The van der Waals surface area contributed by atoms with E-state index < -0.39 is 0 Å². The Hall–Kier alpha value is -6.38. The average Bonchev–Trinajstić information content (AvgIpc) is 3.18. The molecular formula is C48H36N2. The van der Waals surface area contributed by atoms with Crippen molar-refractivity contribution in [2.75, 3.05) is 0 Å². The van der Waals surface area contributed by atoms with E-state index in [-0.39, 0.29) is 0 Å². The van der Waals surface area contributed by atoms with Crippen LogP contribution in [0.5, 0.6) is 0 Å². The molecule has 0 atom stereocenters. The van der Waals surface area contributed by atoms with Crippen LogP contribution in [0.25, 0.3) is 78.4 Å². The highest BCUT2D eigenvalue weighted by Crippen LogP contribution is 2.35. The number of hydrogen-bond acceptors (Lipinski definition) is 2. The molecule has 0 aliphatic rings. The van der Waals surface area contributed by atoms with Gasteiger partial charge in [-0.05, 0) is 99.8 Å². The molecule has 0 N–H and O–H groups in total. The lowest BCUT2D eigenvalue weighted by atomic mass is 9.94. The first-order valence-electron chi connectivity index (χ1n) is 17.1. The summed E-state index contributed by atoms with van der Waals surface area (Å²) in [6.45, 7) is 4.33. The van der Waals surface area contributed by atoms with Gasteiger partial charge in [0.15, 0.2) is 5.82 Å². The Morgan fingerprint density at radius 3 is 1.00 bits per heavy atom. The van der Waals surface area contributed by atoms with Gasteiger partial charge in [-0.2, -0.15) is 0 Å². The van der Waals surface area contributed by atoms with Gasteiger partial charge in [0.25, 0.3) is 0 Å². The van der Waals surface area contributed by atoms with Gasteiger partial charge >= 0.3 is 0 Å². The van der Waals surface area contributed by atoms with Crippen LogP contribution in [-0.2, 0) is 0 Å². The summed E-state index contributed by atoms with van der Waals surface area (Å²) in [7, 11) is 0. The van der Waals surface area contributed by atoms with Gasteiger partial charge in [-0.1, -0.05) is 152 Å². The van der Waals surface area contributed by atoms with Gasteiger partial charge in [-0.25, -0.2) is 9.97 Å². The van der Waals surface area contributed by atoms with Crippen LogP contribution in [0.2, 0.25) is 0 Å². The minimum absolute atomic E-state index is 0.706. The second kappa shape index (κ2) is 13.6. The molecule has 2 heteroatoms.